The zero-order valence-electron chi connectivity index (χ0n) is 23.5. The number of benzene rings is 2. The highest BCUT2D eigenvalue weighted by Crippen LogP contribution is 2.29. The first kappa shape index (κ1) is 31.1. The summed E-state index contributed by atoms with van der Waals surface area (Å²) in [7, 11) is 1.52. The first-order valence-electron chi connectivity index (χ1n) is 13.5. The molecule has 11 heteroatoms. The molecule has 1 saturated heterocycles. The highest BCUT2D eigenvalue weighted by Gasteiger charge is 2.39. The fraction of sp³-hybridized carbons (Fsp3) is 0.433. The van der Waals surface area contributed by atoms with Crippen LogP contribution in [0.5, 0.6) is 11.5 Å². The van der Waals surface area contributed by atoms with E-state index in [0.717, 1.165) is 5.56 Å². The molecule has 1 aliphatic heterocycles. The minimum absolute atomic E-state index is 0.00799. The molecule has 0 aliphatic carbocycles. The second-order valence-electron chi connectivity index (χ2n) is 10.3. The maximum absolute atomic E-state index is 13.5. The van der Waals surface area contributed by atoms with Gasteiger partial charge in [-0.05, 0) is 42.0 Å². The van der Waals surface area contributed by atoms with Crippen LogP contribution in [0, 0.1) is 5.92 Å². The predicted molar refractivity (Wildman–Crippen MR) is 149 cm³/mol. The topological polar surface area (TPSA) is 151 Å². The zero-order chi connectivity index (χ0) is 29.9. The molecule has 3 amide bonds. The van der Waals surface area contributed by atoms with Crippen LogP contribution in [0.3, 0.4) is 0 Å². The number of rotatable bonds is 14. The maximum atomic E-state index is 13.5. The van der Waals surface area contributed by atoms with Crippen molar-refractivity contribution in [1.82, 2.24) is 15.5 Å². The Morgan fingerprint density at radius 3 is 2.41 bits per heavy atom. The number of carbonyl (C=O) groups excluding carboxylic acids is 4. The second kappa shape index (κ2) is 14.8. The summed E-state index contributed by atoms with van der Waals surface area (Å²) in [5, 5.41) is 14.2. The number of carboxylic acids is 1. The minimum atomic E-state index is -1.23. The van der Waals surface area contributed by atoms with E-state index in [0.29, 0.717) is 49.3 Å². The Hall–Kier alpha value is -4.41. The fourth-order valence-corrected chi connectivity index (χ4v) is 4.68. The number of aliphatic carboxylic acids is 1. The van der Waals surface area contributed by atoms with Crippen LogP contribution in [0.1, 0.15) is 44.2 Å². The molecule has 1 aliphatic rings. The van der Waals surface area contributed by atoms with E-state index >= 15 is 0 Å². The second-order valence-corrected chi connectivity index (χ2v) is 10.3. The van der Waals surface area contributed by atoms with Crippen molar-refractivity contribution in [3.05, 3.63) is 59.7 Å². The van der Waals surface area contributed by atoms with Gasteiger partial charge in [0.15, 0.2) is 11.5 Å². The van der Waals surface area contributed by atoms with E-state index in [1.54, 1.807) is 32.0 Å². The first-order chi connectivity index (χ1) is 19.6. The van der Waals surface area contributed by atoms with Crippen LogP contribution in [-0.4, -0.2) is 71.8 Å². The van der Waals surface area contributed by atoms with Gasteiger partial charge in [-0.3, -0.25) is 19.2 Å². The lowest BCUT2D eigenvalue weighted by Gasteiger charge is -2.31. The Labute approximate surface area is 239 Å². The van der Waals surface area contributed by atoms with Crippen LogP contribution in [-0.2, 0) is 37.0 Å². The number of methoxy groups -OCH3 is 1. The molecule has 0 saturated carbocycles. The quantitative estimate of drug-likeness (QED) is 0.294. The average Bonchev–Trinajstić information content (AvgIpc) is 3.45. The van der Waals surface area contributed by atoms with Crippen molar-refractivity contribution in [2.75, 3.05) is 13.7 Å². The number of amides is 3. The average molecular weight is 568 g/mol. The number of nitrogens with one attached hydrogen (secondary N) is 2. The summed E-state index contributed by atoms with van der Waals surface area (Å²) in [4.78, 5) is 62.9. The summed E-state index contributed by atoms with van der Waals surface area (Å²) in [5.74, 6) is -1.86. The lowest BCUT2D eigenvalue weighted by Crippen LogP contribution is -2.56. The van der Waals surface area contributed by atoms with Crippen LogP contribution in [0.15, 0.2) is 48.5 Å². The molecule has 0 spiro atoms. The van der Waals surface area contributed by atoms with Crippen LogP contribution >= 0.6 is 0 Å². The normalized spacial score (nSPS) is 16.0. The Morgan fingerprint density at radius 2 is 1.78 bits per heavy atom. The van der Waals surface area contributed by atoms with E-state index in [9.17, 15) is 24.0 Å². The maximum Gasteiger partial charge on any atom is 0.305 e. The molecule has 11 nitrogen and oxygen atoms in total. The van der Waals surface area contributed by atoms with E-state index in [1.165, 1.54) is 12.0 Å². The highest BCUT2D eigenvalue weighted by atomic mass is 16.5. The number of hydrogen-bond acceptors (Lipinski definition) is 7. The van der Waals surface area contributed by atoms with Crippen molar-refractivity contribution in [3.63, 3.8) is 0 Å². The summed E-state index contributed by atoms with van der Waals surface area (Å²) in [6, 6.07) is 12.0. The molecule has 0 aromatic heterocycles. The monoisotopic (exact) mass is 567 g/mol. The lowest BCUT2D eigenvalue weighted by atomic mass is 10.0. The van der Waals surface area contributed by atoms with E-state index in [2.05, 4.69) is 10.6 Å². The molecular formula is C30H37N3O8. The van der Waals surface area contributed by atoms with Gasteiger partial charge in [0.25, 0.3) is 0 Å². The molecule has 3 rings (SSSR count). The van der Waals surface area contributed by atoms with E-state index in [1.807, 2.05) is 30.3 Å². The van der Waals surface area contributed by atoms with Gasteiger partial charge < -0.3 is 34.9 Å². The van der Waals surface area contributed by atoms with Gasteiger partial charge in [-0.25, -0.2) is 0 Å². The van der Waals surface area contributed by atoms with Crippen LogP contribution < -0.4 is 20.1 Å². The lowest BCUT2D eigenvalue weighted by molar-refractivity contribution is -0.143. The molecule has 3 N–H and O–H groups in total. The summed E-state index contributed by atoms with van der Waals surface area (Å²) in [5.41, 5.74) is 1.67. The third-order valence-corrected chi connectivity index (χ3v) is 6.80. The largest absolute Gasteiger partial charge is 0.493 e. The molecule has 2 aromatic carbocycles. The molecule has 1 heterocycles. The Morgan fingerprint density at radius 1 is 1.05 bits per heavy atom. The van der Waals surface area contributed by atoms with Crippen molar-refractivity contribution in [1.29, 1.82) is 0 Å². The molecule has 0 bridgehead atoms. The molecule has 1 fully saturated rings. The third-order valence-electron chi connectivity index (χ3n) is 6.80. The van der Waals surface area contributed by atoms with Crippen molar-refractivity contribution < 1.29 is 38.6 Å². The van der Waals surface area contributed by atoms with E-state index in [-0.39, 0.29) is 18.2 Å². The molecule has 3 atom stereocenters. The van der Waals surface area contributed by atoms with Gasteiger partial charge in [-0.15, -0.1) is 0 Å². The molecule has 41 heavy (non-hydrogen) atoms. The molecule has 0 unspecified atom stereocenters. The summed E-state index contributed by atoms with van der Waals surface area (Å²) >= 11 is 0. The van der Waals surface area contributed by atoms with Crippen molar-refractivity contribution >= 4 is 30.0 Å². The number of hydrogen-bond donors (Lipinski definition) is 3. The number of carboxylic acid groups (broad SMARTS) is 1. The molecular weight excluding hydrogens is 530 g/mol. The molecule has 220 valence electrons. The summed E-state index contributed by atoms with van der Waals surface area (Å²) in [6.07, 6.45) is 0.734. The van der Waals surface area contributed by atoms with Crippen molar-refractivity contribution in [3.8, 4) is 11.5 Å². The standard InChI is InChI=1S/C30H37N3O8/c1-19(2)28(30(39)33-13-7-10-23(33)29(38)31-22(17-34)16-27(36)37)32-26(35)15-21-11-12-24(25(14-21)40-3)41-18-20-8-5-4-6-9-20/h4-6,8-9,11-12,14,17,19,22-23,28H,7,10,13,15-16,18H2,1-3H3,(H,31,38)(H,32,35)(H,36,37)/t22-,23-,28-/m0/s1. The van der Waals surface area contributed by atoms with Crippen molar-refractivity contribution in [2.45, 2.75) is 64.3 Å². The summed E-state index contributed by atoms with van der Waals surface area (Å²) in [6.45, 7) is 4.26. The van der Waals surface area contributed by atoms with E-state index in [4.69, 9.17) is 14.6 Å². The van der Waals surface area contributed by atoms with Gasteiger partial charge in [0.1, 0.15) is 25.0 Å². The van der Waals surface area contributed by atoms with Gasteiger partial charge in [0.2, 0.25) is 17.7 Å². The zero-order valence-corrected chi connectivity index (χ0v) is 23.5. The third kappa shape index (κ3) is 8.79. The number of aldehydes is 1. The van der Waals surface area contributed by atoms with Gasteiger partial charge >= 0.3 is 5.97 Å². The summed E-state index contributed by atoms with van der Waals surface area (Å²) < 4.78 is 11.3. The molecule has 2 aromatic rings. The smallest absolute Gasteiger partial charge is 0.305 e. The van der Waals surface area contributed by atoms with Gasteiger partial charge in [-0.2, -0.15) is 0 Å². The number of nitrogens with zero attached hydrogens (tertiary/aromatic N) is 1. The highest BCUT2D eigenvalue weighted by molar-refractivity contribution is 5.94. The van der Waals surface area contributed by atoms with Crippen LogP contribution in [0.2, 0.25) is 0 Å². The Bertz CT molecular complexity index is 1230. The SMILES string of the molecule is COc1cc(CC(=O)N[C@H](C(=O)N2CCC[C@H]2C(=O)N[C@H](C=O)CC(=O)O)C(C)C)ccc1OCc1ccccc1. The van der Waals surface area contributed by atoms with Crippen LogP contribution in [0.25, 0.3) is 0 Å². The van der Waals surface area contributed by atoms with Gasteiger partial charge in [-0.1, -0.05) is 50.2 Å². The minimum Gasteiger partial charge on any atom is -0.493 e. The molecule has 0 radical (unpaired) electrons. The number of ether oxygens (including phenoxy) is 2. The van der Waals surface area contributed by atoms with Crippen LogP contribution in [0.4, 0.5) is 0 Å². The van der Waals surface area contributed by atoms with E-state index < -0.39 is 42.3 Å². The Kier molecular flexibility index (Phi) is 11.3. The van der Waals surface area contributed by atoms with Crippen molar-refractivity contribution in [2.24, 2.45) is 5.92 Å². The fourth-order valence-electron chi connectivity index (χ4n) is 4.68. The first-order valence-corrected chi connectivity index (χ1v) is 13.5. The van der Waals surface area contributed by atoms with Gasteiger partial charge in [0, 0.05) is 6.54 Å². The predicted octanol–water partition coefficient (Wildman–Crippen LogP) is 2.11. The number of likely N-dealkylation sites (tertiary alicyclic amines) is 1. The Balaban J connectivity index is 1.63. The van der Waals surface area contributed by atoms with Gasteiger partial charge in [0.05, 0.1) is 26.0 Å². The number of carbonyl (C=O) groups is 5.